The van der Waals surface area contributed by atoms with E-state index in [9.17, 15) is 9.59 Å². The highest BCUT2D eigenvalue weighted by atomic mass is 32.1. The maximum Gasteiger partial charge on any atom is 0.322 e. The van der Waals surface area contributed by atoms with E-state index in [1.807, 2.05) is 17.5 Å². The summed E-state index contributed by atoms with van der Waals surface area (Å²) in [5.41, 5.74) is -0.746. The van der Waals surface area contributed by atoms with Crippen LogP contribution in [0, 0.1) is 0 Å². The van der Waals surface area contributed by atoms with Crippen molar-refractivity contribution in [2.24, 2.45) is 0 Å². The average molecular weight is 318 g/mol. The molecule has 2 fully saturated rings. The number of amides is 3. The van der Waals surface area contributed by atoms with Gasteiger partial charge in [0, 0.05) is 5.92 Å². The van der Waals surface area contributed by atoms with Crippen LogP contribution in [0.2, 0.25) is 0 Å². The molecule has 3 amide bonds. The largest absolute Gasteiger partial charge is 0.339 e. The molecule has 0 unspecified atom stereocenters. The Bertz CT molecular complexity index is 716. The predicted molar refractivity (Wildman–Crippen MR) is 78.2 cm³/mol. The van der Waals surface area contributed by atoms with E-state index in [0.717, 1.165) is 17.7 Å². The minimum Gasteiger partial charge on any atom is -0.339 e. The summed E-state index contributed by atoms with van der Waals surface area (Å²) < 4.78 is 5.38. The molecule has 2 aromatic rings. The quantitative estimate of drug-likeness (QED) is 0.826. The highest BCUT2D eigenvalue weighted by Crippen LogP contribution is 2.39. The zero-order valence-electron chi connectivity index (χ0n) is 11.7. The Morgan fingerprint density at radius 2 is 2.14 bits per heavy atom. The summed E-state index contributed by atoms with van der Waals surface area (Å²) in [6.07, 6.45) is 2.65. The lowest BCUT2D eigenvalue weighted by Gasteiger charge is -2.33. The van der Waals surface area contributed by atoms with Crippen molar-refractivity contribution in [1.82, 2.24) is 20.8 Å². The fourth-order valence-corrected chi connectivity index (χ4v) is 3.79. The maximum atomic E-state index is 11.9. The van der Waals surface area contributed by atoms with Gasteiger partial charge in [-0.1, -0.05) is 11.2 Å². The molecule has 3 heterocycles. The Morgan fingerprint density at radius 3 is 2.77 bits per heavy atom. The molecule has 1 saturated carbocycles. The molecule has 4 rings (SSSR count). The smallest absolute Gasteiger partial charge is 0.322 e. The third-order valence-corrected chi connectivity index (χ3v) is 5.25. The van der Waals surface area contributed by atoms with Gasteiger partial charge in [-0.2, -0.15) is 4.98 Å². The van der Waals surface area contributed by atoms with Gasteiger partial charge in [-0.25, -0.2) is 4.79 Å². The van der Waals surface area contributed by atoms with Gasteiger partial charge < -0.3 is 9.84 Å². The summed E-state index contributed by atoms with van der Waals surface area (Å²) in [7, 11) is 0. The van der Waals surface area contributed by atoms with E-state index in [1.54, 1.807) is 11.3 Å². The van der Waals surface area contributed by atoms with Crippen LogP contribution in [-0.2, 0) is 4.79 Å². The number of nitrogens with zero attached hydrogens (tertiary/aromatic N) is 2. The van der Waals surface area contributed by atoms with E-state index in [2.05, 4.69) is 20.8 Å². The second-order valence-corrected chi connectivity index (χ2v) is 6.65. The molecule has 2 aromatic heterocycles. The molecule has 2 N–H and O–H groups in total. The minimum atomic E-state index is -0.746. The third kappa shape index (κ3) is 2.10. The fraction of sp³-hybridized carbons (Fsp3) is 0.429. The zero-order chi connectivity index (χ0) is 15.2. The molecule has 0 atom stereocenters. The van der Waals surface area contributed by atoms with E-state index >= 15 is 0 Å². The first-order valence-electron chi connectivity index (χ1n) is 7.17. The van der Waals surface area contributed by atoms with Crippen molar-refractivity contribution < 1.29 is 14.1 Å². The number of carbonyl (C=O) groups is 2. The predicted octanol–water partition coefficient (Wildman–Crippen LogP) is 2.03. The zero-order valence-corrected chi connectivity index (χ0v) is 12.5. The average Bonchev–Trinajstić information content (AvgIpc) is 3.22. The topological polar surface area (TPSA) is 97.1 Å². The van der Waals surface area contributed by atoms with Gasteiger partial charge >= 0.3 is 6.03 Å². The highest BCUT2D eigenvalue weighted by Gasteiger charge is 2.48. The molecule has 114 valence electrons. The Kier molecular flexibility index (Phi) is 3.00. The highest BCUT2D eigenvalue weighted by molar-refractivity contribution is 7.13. The third-order valence-electron chi connectivity index (χ3n) is 4.39. The minimum absolute atomic E-state index is 0.136. The van der Waals surface area contributed by atoms with Crippen molar-refractivity contribution in [1.29, 1.82) is 0 Å². The summed E-state index contributed by atoms with van der Waals surface area (Å²) >= 11 is 1.57. The van der Waals surface area contributed by atoms with Crippen LogP contribution in [0.15, 0.2) is 22.0 Å². The SMILES string of the molecule is O=C1NC(=O)C2(CCC(c3nc(-c4cccs4)no3)CC2)N1. The molecule has 1 saturated heterocycles. The standard InChI is InChI=1S/C14H14N4O3S/c19-12-14(17-13(20)16-12)5-3-8(4-6-14)11-15-10(18-21-11)9-2-1-7-22-9/h1-2,7-8H,3-6H2,(H2,16,17,19,20). The van der Waals surface area contributed by atoms with Gasteiger partial charge in [0.2, 0.25) is 11.7 Å². The monoisotopic (exact) mass is 318 g/mol. The summed E-state index contributed by atoms with van der Waals surface area (Å²) in [5, 5.41) is 11.1. The summed E-state index contributed by atoms with van der Waals surface area (Å²) in [5.74, 6) is 1.14. The number of urea groups is 1. The molecule has 0 radical (unpaired) electrons. The van der Waals surface area contributed by atoms with Crippen molar-refractivity contribution >= 4 is 23.3 Å². The molecule has 1 spiro atoms. The van der Waals surface area contributed by atoms with Crippen molar-refractivity contribution in [2.75, 3.05) is 0 Å². The lowest BCUT2D eigenvalue weighted by atomic mass is 9.76. The number of aromatic nitrogens is 2. The van der Waals surface area contributed by atoms with Crippen LogP contribution in [0.4, 0.5) is 4.79 Å². The van der Waals surface area contributed by atoms with Gasteiger partial charge in [-0.15, -0.1) is 11.3 Å². The molecule has 0 bridgehead atoms. The lowest BCUT2D eigenvalue weighted by Crippen LogP contribution is -2.49. The van der Waals surface area contributed by atoms with Gasteiger partial charge in [0.05, 0.1) is 4.88 Å². The Morgan fingerprint density at radius 1 is 1.32 bits per heavy atom. The second kappa shape index (κ2) is 4.91. The van der Waals surface area contributed by atoms with Gasteiger partial charge in [0.25, 0.3) is 5.91 Å². The van der Waals surface area contributed by atoms with Crippen LogP contribution in [0.25, 0.3) is 10.7 Å². The van der Waals surface area contributed by atoms with E-state index in [1.165, 1.54) is 0 Å². The van der Waals surface area contributed by atoms with Crippen LogP contribution in [0.3, 0.4) is 0 Å². The molecule has 1 aliphatic carbocycles. The van der Waals surface area contributed by atoms with E-state index in [0.29, 0.717) is 24.6 Å². The second-order valence-electron chi connectivity index (χ2n) is 5.70. The summed E-state index contributed by atoms with van der Waals surface area (Å²) in [6, 6.07) is 3.50. The van der Waals surface area contributed by atoms with E-state index < -0.39 is 11.6 Å². The van der Waals surface area contributed by atoms with Crippen molar-refractivity contribution in [3.05, 3.63) is 23.4 Å². The van der Waals surface area contributed by atoms with Gasteiger partial charge in [-0.3, -0.25) is 10.1 Å². The molecule has 2 aliphatic rings. The number of hydrogen-bond acceptors (Lipinski definition) is 6. The molecule has 1 aliphatic heterocycles. The fourth-order valence-electron chi connectivity index (χ4n) is 3.14. The van der Waals surface area contributed by atoms with E-state index in [4.69, 9.17) is 4.52 Å². The molecule has 0 aromatic carbocycles. The summed E-state index contributed by atoms with van der Waals surface area (Å²) in [4.78, 5) is 28.7. The van der Waals surface area contributed by atoms with E-state index in [-0.39, 0.29) is 11.8 Å². The molecular weight excluding hydrogens is 304 g/mol. The normalized spacial score (nSPS) is 27.9. The maximum absolute atomic E-state index is 11.9. The summed E-state index contributed by atoms with van der Waals surface area (Å²) in [6.45, 7) is 0. The van der Waals surface area contributed by atoms with Crippen LogP contribution in [0.5, 0.6) is 0 Å². The molecule has 8 heteroatoms. The van der Waals surface area contributed by atoms with Crippen LogP contribution < -0.4 is 10.6 Å². The first kappa shape index (κ1) is 13.4. The molecule has 7 nitrogen and oxygen atoms in total. The molecule has 22 heavy (non-hydrogen) atoms. The number of carbonyl (C=O) groups excluding carboxylic acids is 2. The number of hydrogen-bond donors (Lipinski definition) is 2. The first-order valence-corrected chi connectivity index (χ1v) is 8.05. The Balaban J connectivity index is 1.48. The Hall–Kier alpha value is -2.22. The Labute approximate surface area is 130 Å². The van der Waals surface area contributed by atoms with Crippen LogP contribution >= 0.6 is 11.3 Å². The molecular formula is C14H14N4O3S. The van der Waals surface area contributed by atoms with Crippen LogP contribution in [-0.4, -0.2) is 27.6 Å². The van der Waals surface area contributed by atoms with Gasteiger partial charge in [0.1, 0.15) is 5.54 Å². The lowest BCUT2D eigenvalue weighted by molar-refractivity contribution is -0.125. The van der Waals surface area contributed by atoms with Gasteiger partial charge in [0.15, 0.2) is 0 Å². The van der Waals surface area contributed by atoms with Crippen LogP contribution in [0.1, 0.15) is 37.5 Å². The number of imide groups is 1. The van der Waals surface area contributed by atoms with Crippen molar-refractivity contribution in [3.63, 3.8) is 0 Å². The van der Waals surface area contributed by atoms with Gasteiger partial charge in [-0.05, 0) is 37.1 Å². The number of rotatable bonds is 2. The first-order chi connectivity index (χ1) is 10.7. The number of thiophene rings is 1. The number of nitrogens with one attached hydrogen (secondary N) is 2. The van der Waals surface area contributed by atoms with Crippen molar-refractivity contribution in [3.8, 4) is 10.7 Å². The van der Waals surface area contributed by atoms with Crippen molar-refractivity contribution in [2.45, 2.75) is 37.1 Å².